The Morgan fingerprint density at radius 3 is 2.63 bits per heavy atom. The van der Waals surface area contributed by atoms with Gasteiger partial charge in [-0.15, -0.1) is 0 Å². The average Bonchev–Trinajstić information content (AvgIpc) is 2.70. The maximum Gasteiger partial charge on any atom is 0.119 e. The van der Waals surface area contributed by atoms with E-state index < -0.39 is 5.54 Å². The molecule has 146 valence electrons. The van der Waals surface area contributed by atoms with E-state index in [1.807, 2.05) is 0 Å². The lowest BCUT2D eigenvalue weighted by Crippen LogP contribution is -2.47. The maximum atomic E-state index is 9.36. The minimum atomic E-state index is -0.913. The normalized spacial score (nSPS) is 13.2. The molecule has 0 fully saturated rings. The monoisotopic (exact) mass is 387 g/mol. The zero-order valence-corrected chi connectivity index (χ0v) is 16.7. The Morgan fingerprint density at radius 1 is 1.07 bits per heavy atom. The van der Waals surface area contributed by atoms with E-state index in [0.29, 0.717) is 6.42 Å². The number of ether oxygens (including phenoxy) is 1. The van der Waals surface area contributed by atoms with Gasteiger partial charge < -0.3 is 20.7 Å². The van der Waals surface area contributed by atoms with E-state index in [0.717, 1.165) is 38.0 Å². The summed E-state index contributed by atoms with van der Waals surface area (Å²) < 4.78 is 5.84. The number of aryl methyl sites for hydroxylation is 1. The van der Waals surface area contributed by atoms with Crippen molar-refractivity contribution in [2.24, 2.45) is 5.73 Å². The molecular weight excluding hydrogens is 358 g/mol. The Morgan fingerprint density at radius 2 is 1.89 bits per heavy atom. The van der Waals surface area contributed by atoms with E-state index in [4.69, 9.17) is 10.5 Å². The SMILES string of the molecule is CCCCOc1ccc2c(c1)Cc1ccc(CCC(N)(CO)CO)cc1S2. The Kier molecular flexibility index (Phi) is 6.82. The number of nitrogens with two attached hydrogens (primary N) is 1. The predicted molar refractivity (Wildman–Crippen MR) is 110 cm³/mol. The smallest absolute Gasteiger partial charge is 0.119 e. The van der Waals surface area contributed by atoms with Crippen molar-refractivity contribution in [2.45, 2.75) is 54.4 Å². The Bertz CT molecular complexity index is 774. The largest absolute Gasteiger partial charge is 0.494 e. The van der Waals surface area contributed by atoms with Crippen molar-refractivity contribution in [1.82, 2.24) is 0 Å². The van der Waals surface area contributed by atoms with Gasteiger partial charge in [-0.25, -0.2) is 0 Å². The lowest BCUT2D eigenvalue weighted by molar-refractivity contribution is 0.115. The second-order valence-electron chi connectivity index (χ2n) is 7.37. The van der Waals surface area contributed by atoms with Gasteiger partial charge in [-0.2, -0.15) is 0 Å². The molecule has 1 aliphatic heterocycles. The van der Waals surface area contributed by atoms with E-state index in [-0.39, 0.29) is 13.2 Å². The molecule has 4 nitrogen and oxygen atoms in total. The van der Waals surface area contributed by atoms with Crippen LogP contribution < -0.4 is 10.5 Å². The van der Waals surface area contributed by atoms with E-state index in [1.165, 1.54) is 26.5 Å². The van der Waals surface area contributed by atoms with Crippen molar-refractivity contribution in [3.05, 3.63) is 53.1 Å². The zero-order valence-electron chi connectivity index (χ0n) is 15.9. The molecule has 0 saturated heterocycles. The first kappa shape index (κ1) is 20.2. The standard InChI is InChI=1S/C22H29NO3S/c1-2-3-10-26-19-6-7-20-18(13-19)12-17-5-4-16(11-21(17)27-20)8-9-22(23,14-24)15-25/h4-7,11,13,24-25H,2-3,8-10,12,14-15,23H2,1H3. The van der Waals surface area contributed by atoms with Crippen molar-refractivity contribution >= 4 is 11.8 Å². The second-order valence-corrected chi connectivity index (χ2v) is 8.45. The van der Waals surface area contributed by atoms with Gasteiger partial charge in [0.15, 0.2) is 0 Å². The lowest BCUT2D eigenvalue weighted by Gasteiger charge is -2.25. The molecule has 0 aliphatic carbocycles. The molecule has 2 aromatic rings. The summed E-state index contributed by atoms with van der Waals surface area (Å²) in [5.74, 6) is 0.954. The average molecular weight is 388 g/mol. The van der Waals surface area contributed by atoms with Crippen molar-refractivity contribution in [3.8, 4) is 5.75 Å². The van der Waals surface area contributed by atoms with Crippen LogP contribution >= 0.6 is 11.8 Å². The Labute approximate surface area is 165 Å². The maximum absolute atomic E-state index is 9.36. The molecule has 0 aromatic heterocycles. The molecule has 0 spiro atoms. The topological polar surface area (TPSA) is 75.7 Å². The number of unbranched alkanes of at least 4 members (excludes halogenated alkanes) is 1. The summed E-state index contributed by atoms with van der Waals surface area (Å²) in [7, 11) is 0. The Hall–Kier alpha value is -1.53. The third kappa shape index (κ3) is 5.05. The number of hydrogen-bond donors (Lipinski definition) is 3. The number of aliphatic hydroxyl groups excluding tert-OH is 2. The van der Waals surface area contributed by atoms with E-state index in [9.17, 15) is 10.2 Å². The lowest BCUT2D eigenvalue weighted by atomic mass is 9.93. The van der Waals surface area contributed by atoms with Crippen LogP contribution in [0.1, 0.15) is 42.9 Å². The van der Waals surface area contributed by atoms with Gasteiger partial charge in [0, 0.05) is 9.79 Å². The highest BCUT2D eigenvalue weighted by Crippen LogP contribution is 2.41. The van der Waals surface area contributed by atoms with Crippen LogP contribution in [0.25, 0.3) is 0 Å². The third-order valence-electron chi connectivity index (χ3n) is 5.07. The van der Waals surface area contributed by atoms with Gasteiger partial charge in [0.2, 0.25) is 0 Å². The first-order valence-electron chi connectivity index (χ1n) is 9.63. The number of fused-ring (bicyclic) bond motifs is 2. The quantitative estimate of drug-likeness (QED) is 0.490. The fourth-order valence-corrected chi connectivity index (χ4v) is 4.26. The van der Waals surface area contributed by atoms with Crippen LogP contribution in [-0.2, 0) is 12.8 Å². The molecule has 0 radical (unpaired) electrons. The van der Waals surface area contributed by atoms with Crippen LogP contribution in [0.5, 0.6) is 5.75 Å². The van der Waals surface area contributed by atoms with E-state index >= 15 is 0 Å². The fraction of sp³-hybridized carbons (Fsp3) is 0.455. The summed E-state index contributed by atoms with van der Waals surface area (Å²) in [5, 5.41) is 18.7. The molecule has 1 aliphatic rings. The molecule has 27 heavy (non-hydrogen) atoms. The predicted octanol–water partition coefficient (Wildman–Crippen LogP) is 3.54. The van der Waals surface area contributed by atoms with Gasteiger partial charge >= 0.3 is 0 Å². The van der Waals surface area contributed by atoms with Gasteiger partial charge in [-0.05, 0) is 66.6 Å². The van der Waals surface area contributed by atoms with Crippen LogP contribution in [0, 0.1) is 0 Å². The molecular formula is C22H29NO3S. The third-order valence-corrected chi connectivity index (χ3v) is 6.29. The summed E-state index contributed by atoms with van der Waals surface area (Å²) in [6.07, 6.45) is 4.42. The van der Waals surface area contributed by atoms with E-state index in [1.54, 1.807) is 11.8 Å². The summed E-state index contributed by atoms with van der Waals surface area (Å²) in [6, 6.07) is 12.9. The van der Waals surface area contributed by atoms with Gasteiger partial charge in [0.25, 0.3) is 0 Å². The number of rotatable bonds is 9. The minimum absolute atomic E-state index is 0.209. The zero-order chi connectivity index (χ0) is 19.3. The molecule has 0 saturated carbocycles. The highest BCUT2D eigenvalue weighted by atomic mass is 32.2. The minimum Gasteiger partial charge on any atom is -0.494 e. The summed E-state index contributed by atoms with van der Waals surface area (Å²) in [5.41, 5.74) is 8.89. The second kappa shape index (κ2) is 9.11. The van der Waals surface area contributed by atoms with Crippen LogP contribution in [-0.4, -0.2) is 35.6 Å². The number of benzene rings is 2. The fourth-order valence-electron chi connectivity index (χ4n) is 3.14. The number of hydrogen-bond acceptors (Lipinski definition) is 5. The molecule has 3 rings (SSSR count). The van der Waals surface area contributed by atoms with Crippen LogP contribution in [0.3, 0.4) is 0 Å². The molecule has 4 N–H and O–H groups in total. The number of aliphatic hydroxyl groups is 2. The van der Waals surface area contributed by atoms with Crippen molar-refractivity contribution in [2.75, 3.05) is 19.8 Å². The molecule has 0 unspecified atom stereocenters. The van der Waals surface area contributed by atoms with Crippen LogP contribution in [0.15, 0.2) is 46.2 Å². The molecule has 0 bridgehead atoms. The van der Waals surface area contributed by atoms with Gasteiger partial charge in [0.1, 0.15) is 5.75 Å². The molecule has 5 heteroatoms. The van der Waals surface area contributed by atoms with Gasteiger partial charge in [-0.1, -0.05) is 37.2 Å². The molecule has 0 atom stereocenters. The summed E-state index contributed by atoms with van der Waals surface area (Å²) in [4.78, 5) is 2.55. The van der Waals surface area contributed by atoms with E-state index in [2.05, 4.69) is 43.3 Å². The van der Waals surface area contributed by atoms with Crippen LogP contribution in [0.2, 0.25) is 0 Å². The highest BCUT2D eigenvalue weighted by Gasteiger charge is 2.23. The van der Waals surface area contributed by atoms with Gasteiger partial charge in [0.05, 0.1) is 25.4 Å². The van der Waals surface area contributed by atoms with Crippen LogP contribution in [0.4, 0.5) is 0 Å². The molecule has 0 amide bonds. The van der Waals surface area contributed by atoms with Crippen molar-refractivity contribution in [1.29, 1.82) is 0 Å². The first-order chi connectivity index (χ1) is 13.1. The van der Waals surface area contributed by atoms with Crippen molar-refractivity contribution < 1.29 is 14.9 Å². The van der Waals surface area contributed by atoms with Crippen molar-refractivity contribution in [3.63, 3.8) is 0 Å². The van der Waals surface area contributed by atoms with Gasteiger partial charge in [-0.3, -0.25) is 0 Å². The highest BCUT2D eigenvalue weighted by molar-refractivity contribution is 7.99. The Balaban J connectivity index is 1.69. The first-order valence-corrected chi connectivity index (χ1v) is 10.4. The molecule has 2 aromatic carbocycles. The summed E-state index contributed by atoms with van der Waals surface area (Å²) in [6.45, 7) is 2.52. The molecule has 1 heterocycles. The summed E-state index contributed by atoms with van der Waals surface area (Å²) >= 11 is 1.79.